The van der Waals surface area contributed by atoms with Gasteiger partial charge in [-0.25, -0.2) is 11.4 Å². The number of hydrogen-bond donors (Lipinski definition) is 5. The van der Waals surface area contributed by atoms with Gasteiger partial charge in [0.2, 0.25) is 0 Å². The number of hydrazone groups is 1. The molecule has 2 rings (SSSR count). The van der Waals surface area contributed by atoms with Crippen molar-refractivity contribution >= 4 is 22.8 Å². The molecule has 9 heteroatoms. The van der Waals surface area contributed by atoms with E-state index in [0.29, 0.717) is 5.65 Å². The van der Waals surface area contributed by atoms with Crippen LogP contribution in [0.2, 0.25) is 0 Å². The summed E-state index contributed by atoms with van der Waals surface area (Å²) in [6.45, 7) is 0.0654. The van der Waals surface area contributed by atoms with Crippen molar-refractivity contribution in [2.75, 3.05) is 6.54 Å². The van der Waals surface area contributed by atoms with Crippen LogP contribution in [-0.4, -0.2) is 33.5 Å². The molecule has 1 amide bonds. The van der Waals surface area contributed by atoms with E-state index in [1.165, 1.54) is 0 Å². The summed E-state index contributed by atoms with van der Waals surface area (Å²) in [7, 11) is 0. The van der Waals surface area contributed by atoms with Crippen LogP contribution in [0.1, 0.15) is 10.5 Å². The molecule has 0 aliphatic carbocycles. The van der Waals surface area contributed by atoms with Crippen molar-refractivity contribution in [2.24, 2.45) is 16.7 Å². The third-order valence-electron chi connectivity index (χ3n) is 2.18. The molecule has 7 N–H and O–H groups in total. The van der Waals surface area contributed by atoms with E-state index in [-0.39, 0.29) is 24.0 Å². The first kappa shape index (κ1) is 11.8. The van der Waals surface area contributed by atoms with Crippen molar-refractivity contribution in [1.29, 1.82) is 0 Å². The maximum Gasteiger partial charge on any atom is 0.272 e. The van der Waals surface area contributed by atoms with Crippen LogP contribution >= 0.6 is 0 Å². The Kier molecular flexibility index (Phi) is 3.34. The maximum absolute atomic E-state index is 11.7. The van der Waals surface area contributed by atoms with Gasteiger partial charge < -0.3 is 16.0 Å². The summed E-state index contributed by atoms with van der Waals surface area (Å²) in [5.74, 6) is 4.71. The second-order valence-electron chi connectivity index (χ2n) is 3.43. The molecule has 0 aliphatic heterocycles. The van der Waals surface area contributed by atoms with Crippen LogP contribution < -0.4 is 22.4 Å². The third kappa shape index (κ3) is 2.52. The van der Waals surface area contributed by atoms with Crippen LogP contribution in [0.4, 0.5) is 0 Å². The van der Waals surface area contributed by atoms with E-state index in [9.17, 15) is 4.79 Å². The van der Waals surface area contributed by atoms with E-state index in [1.807, 2.05) is 5.53 Å². The van der Waals surface area contributed by atoms with Crippen molar-refractivity contribution < 1.29 is 4.79 Å². The predicted molar refractivity (Wildman–Crippen MR) is 65.2 cm³/mol. The molecule has 0 fully saturated rings. The Hall–Kier alpha value is -2.68. The summed E-state index contributed by atoms with van der Waals surface area (Å²) in [5.41, 5.74) is 8.30. The lowest BCUT2D eigenvalue weighted by atomic mass is 10.3. The highest BCUT2D eigenvalue weighted by molar-refractivity contribution is 5.97. The minimum absolute atomic E-state index is 0.0654. The monoisotopic (exact) mass is 248 g/mol. The number of H-pyrrole nitrogens is 1. The number of aromatic nitrogens is 3. The summed E-state index contributed by atoms with van der Waals surface area (Å²) >= 11 is 0. The summed E-state index contributed by atoms with van der Waals surface area (Å²) in [6, 6.07) is 3.43. The maximum atomic E-state index is 11.7. The molecule has 9 nitrogen and oxygen atoms in total. The fraction of sp³-hybridized carbons (Fsp3) is 0.111. The number of hydrazine groups is 1. The summed E-state index contributed by atoms with van der Waals surface area (Å²) in [6.07, 6.45) is 1.72. The lowest BCUT2D eigenvalue weighted by Crippen LogP contribution is -2.36. The van der Waals surface area contributed by atoms with E-state index < -0.39 is 0 Å². The molecule has 2 aromatic heterocycles. The van der Waals surface area contributed by atoms with Crippen molar-refractivity contribution in [3.8, 4) is 0 Å². The summed E-state index contributed by atoms with van der Waals surface area (Å²) in [5, 5.41) is 14.5. The minimum atomic E-state index is -0.388. The lowest BCUT2D eigenvalue weighted by Gasteiger charge is -2.03. The first-order valence-electron chi connectivity index (χ1n) is 5.07. The molecule has 0 bridgehead atoms. The zero-order chi connectivity index (χ0) is 13.0. The molecule has 0 aliphatic rings. The number of amides is 1. The summed E-state index contributed by atoms with van der Waals surface area (Å²) < 4.78 is 0. The van der Waals surface area contributed by atoms with Crippen LogP contribution in [0.15, 0.2) is 23.4 Å². The number of rotatable bonds is 4. The average Bonchev–Trinajstić information content (AvgIpc) is 2.83. The Morgan fingerprint density at radius 1 is 1.50 bits per heavy atom. The molecule has 18 heavy (non-hydrogen) atoms. The number of carbonyl (C=O) groups excluding carboxylic acids is 1. The zero-order valence-corrected chi connectivity index (χ0v) is 9.34. The van der Waals surface area contributed by atoms with E-state index in [1.54, 1.807) is 18.3 Å². The fourth-order valence-electron chi connectivity index (χ4n) is 1.35. The normalized spacial score (nSPS) is 11.5. The molecule has 0 saturated carbocycles. The minimum Gasteiger partial charge on any atom is -0.384 e. The average molecular weight is 248 g/mol. The second-order valence-corrected chi connectivity index (χ2v) is 3.43. The van der Waals surface area contributed by atoms with Gasteiger partial charge >= 0.3 is 0 Å². The Morgan fingerprint density at radius 2 is 2.33 bits per heavy atom. The smallest absolute Gasteiger partial charge is 0.272 e. The lowest BCUT2D eigenvalue weighted by molar-refractivity contribution is 0.0953. The van der Waals surface area contributed by atoms with Gasteiger partial charge in [0.1, 0.15) is 5.84 Å². The van der Waals surface area contributed by atoms with E-state index in [4.69, 9.17) is 11.6 Å². The Labute approximate surface area is 102 Å². The molecule has 0 aromatic carbocycles. The zero-order valence-electron chi connectivity index (χ0n) is 9.34. The van der Waals surface area contributed by atoms with Gasteiger partial charge in [0.15, 0.2) is 11.3 Å². The molecule has 2 heterocycles. The standard InChI is InChI=1S/C9H12N8O/c10-7(15-17-11)4-13-9(18)6-3-5-1-2-12-8(5)16-14-6/h1-3,17H,4,11H2,(H2,10,15)(H,12,16)(H,13,18). The van der Waals surface area contributed by atoms with Gasteiger partial charge in [-0.1, -0.05) is 0 Å². The molecule has 0 spiro atoms. The number of nitrogens with one attached hydrogen (secondary N) is 3. The SMILES string of the molecule is NN/N=C(\N)CNC(=O)c1cc2cc[nH]c2nn1. The Balaban J connectivity index is 2.06. The molecule has 0 radical (unpaired) electrons. The number of nitrogens with two attached hydrogens (primary N) is 2. The van der Waals surface area contributed by atoms with Gasteiger partial charge in [0.25, 0.3) is 5.91 Å². The highest BCUT2D eigenvalue weighted by atomic mass is 16.1. The number of carbonyl (C=O) groups is 1. The number of amidine groups is 1. The highest BCUT2D eigenvalue weighted by Gasteiger charge is 2.09. The van der Waals surface area contributed by atoms with Gasteiger partial charge in [-0.05, 0) is 12.1 Å². The van der Waals surface area contributed by atoms with Crippen molar-refractivity contribution in [3.05, 3.63) is 24.0 Å². The molecule has 0 unspecified atom stereocenters. The fourth-order valence-corrected chi connectivity index (χ4v) is 1.35. The predicted octanol–water partition coefficient (Wildman–Crippen LogP) is -1.58. The van der Waals surface area contributed by atoms with E-state index in [0.717, 1.165) is 5.39 Å². The number of nitrogens with zero attached hydrogens (tertiary/aromatic N) is 3. The van der Waals surface area contributed by atoms with Crippen molar-refractivity contribution in [1.82, 2.24) is 26.0 Å². The van der Waals surface area contributed by atoms with E-state index >= 15 is 0 Å². The van der Waals surface area contributed by atoms with Crippen LogP contribution in [0, 0.1) is 0 Å². The van der Waals surface area contributed by atoms with Crippen molar-refractivity contribution in [3.63, 3.8) is 0 Å². The molecular formula is C9H12N8O. The molecular weight excluding hydrogens is 236 g/mol. The highest BCUT2D eigenvalue weighted by Crippen LogP contribution is 2.08. The second kappa shape index (κ2) is 5.10. The number of aromatic amines is 1. The molecule has 94 valence electrons. The molecule has 0 atom stereocenters. The molecule has 0 saturated heterocycles. The quantitative estimate of drug-likeness (QED) is 0.191. The van der Waals surface area contributed by atoms with Crippen molar-refractivity contribution in [2.45, 2.75) is 0 Å². The van der Waals surface area contributed by atoms with Gasteiger partial charge in [-0.3, -0.25) is 4.79 Å². The van der Waals surface area contributed by atoms with Gasteiger partial charge in [-0.15, -0.1) is 10.2 Å². The Bertz CT molecular complexity index is 589. The Morgan fingerprint density at radius 3 is 3.11 bits per heavy atom. The first-order valence-corrected chi connectivity index (χ1v) is 5.07. The van der Waals surface area contributed by atoms with Crippen LogP contribution in [0.5, 0.6) is 0 Å². The van der Waals surface area contributed by atoms with Gasteiger partial charge in [0.05, 0.1) is 6.54 Å². The third-order valence-corrected chi connectivity index (χ3v) is 2.18. The van der Waals surface area contributed by atoms with Crippen LogP contribution in [-0.2, 0) is 0 Å². The largest absolute Gasteiger partial charge is 0.384 e. The van der Waals surface area contributed by atoms with Crippen LogP contribution in [0.25, 0.3) is 11.0 Å². The number of hydrogen-bond acceptors (Lipinski definition) is 6. The van der Waals surface area contributed by atoms with Crippen LogP contribution in [0.3, 0.4) is 0 Å². The van der Waals surface area contributed by atoms with Gasteiger partial charge in [0, 0.05) is 11.6 Å². The topological polar surface area (TPSA) is 147 Å². The summed E-state index contributed by atoms with van der Waals surface area (Å²) in [4.78, 5) is 14.6. The van der Waals surface area contributed by atoms with Gasteiger partial charge in [-0.2, -0.15) is 5.10 Å². The number of fused-ring (bicyclic) bond motifs is 1. The first-order chi connectivity index (χ1) is 8.70. The van der Waals surface area contributed by atoms with E-state index in [2.05, 4.69) is 25.6 Å². The molecule has 2 aromatic rings.